The number of halogens is 1. The molecule has 0 aliphatic rings. The monoisotopic (exact) mass is 343 g/mol. The molecular formula is C17H14ClN3O3. The zero-order chi connectivity index (χ0) is 17.3. The first-order chi connectivity index (χ1) is 11.5. The van der Waals surface area contributed by atoms with Crippen LogP contribution in [0.3, 0.4) is 0 Å². The number of carbonyl (C=O) groups excluding carboxylic acids is 1. The first-order valence-electron chi connectivity index (χ1n) is 7.27. The number of hydrogen-bond acceptors (Lipinski definition) is 4. The summed E-state index contributed by atoms with van der Waals surface area (Å²) in [7, 11) is 0. The summed E-state index contributed by atoms with van der Waals surface area (Å²) in [6.45, 7) is 2.01. The highest BCUT2D eigenvalue weighted by molar-refractivity contribution is 6.31. The van der Waals surface area contributed by atoms with Gasteiger partial charge in [0, 0.05) is 10.4 Å². The third-order valence-electron chi connectivity index (χ3n) is 3.65. The van der Waals surface area contributed by atoms with Crippen molar-refractivity contribution in [2.24, 2.45) is 10.2 Å². The fourth-order valence-electron chi connectivity index (χ4n) is 2.36. The summed E-state index contributed by atoms with van der Waals surface area (Å²) in [6.07, 6.45) is 0.827. The molecule has 0 aliphatic carbocycles. The molecule has 24 heavy (non-hydrogen) atoms. The van der Waals surface area contributed by atoms with Crippen LogP contribution in [0.2, 0.25) is 5.02 Å². The van der Waals surface area contributed by atoms with Gasteiger partial charge in [-0.3, -0.25) is 4.79 Å². The Morgan fingerprint density at radius 2 is 2.00 bits per heavy atom. The number of aromatic amines is 1. The van der Waals surface area contributed by atoms with E-state index in [-0.39, 0.29) is 22.9 Å². The Hall–Kier alpha value is -2.86. The smallest absolute Gasteiger partial charge is 0.299 e. The van der Waals surface area contributed by atoms with Gasteiger partial charge in [0.2, 0.25) is 5.88 Å². The van der Waals surface area contributed by atoms with Crippen LogP contribution < -0.4 is 0 Å². The third-order valence-corrected chi connectivity index (χ3v) is 3.89. The molecule has 1 aromatic heterocycles. The first-order valence-corrected chi connectivity index (χ1v) is 7.65. The van der Waals surface area contributed by atoms with Crippen molar-refractivity contribution in [1.29, 1.82) is 0 Å². The summed E-state index contributed by atoms with van der Waals surface area (Å²) in [5.41, 5.74) is 1.88. The van der Waals surface area contributed by atoms with Crippen LogP contribution in [0.1, 0.15) is 22.8 Å². The summed E-state index contributed by atoms with van der Waals surface area (Å²) in [5, 5.41) is 28.1. The van der Waals surface area contributed by atoms with Crippen LogP contribution in [0.4, 0.5) is 5.69 Å². The molecule has 0 saturated heterocycles. The Bertz CT molecular complexity index is 963. The SMILES string of the molecule is CCc1ccc2[nH]c(O)c(N=NC(=O)c3cc(Cl)ccc3O)c2c1. The topological polar surface area (TPSA) is 98.0 Å². The van der Waals surface area contributed by atoms with Crippen LogP contribution >= 0.6 is 11.6 Å². The van der Waals surface area contributed by atoms with Crippen LogP contribution in [0.5, 0.6) is 11.6 Å². The molecule has 3 aromatic rings. The molecule has 7 heteroatoms. The normalized spacial score (nSPS) is 11.4. The van der Waals surface area contributed by atoms with Crippen molar-refractivity contribution in [3.8, 4) is 11.6 Å². The molecule has 1 amide bonds. The minimum absolute atomic E-state index is 0.0557. The van der Waals surface area contributed by atoms with Gasteiger partial charge < -0.3 is 15.2 Å². The fourth-order valence-corrected chi connectivity index (χ4v) is 2.53. The van der Waals surface area contributed by atoms with Crippen molar-refractivity contribution in [3.63, 3.8) is 0 Å². The van der Waals surface area contributed by atoms with Gasteiger partial charge in [0.25, 0.3) is 5.91 Å². The molecule has 122 valence electrons. The molecule has 0 spiro atoms. The van der Waals surface area contributed by atoms with E-state index in [1.165, 1.54) is 18.2 Å². The van der Waals surface area contributed by atoms with E-state index in [0.29, 0.717) is 15.9 Å². The lowest BCUT2D eigenvalue weighted by Gasteiger charge is -2.00. The van der Waals surface area contributed by atoms with E-state index in [2.05, 4.69) is 15.2 Å². The maximum Gasteiger partial charge on any atom is 0.299 e. The molecule has 0 aliphatic heterocycles. The molecule has 0 radical (unpaired) electrons. The molecule has 2 aromatic carbocycles. The maximum atomic E-state index is 12.1. The second-order valence-corrected chi connectivity index (χ2v) is 5.66. The number of aromatic nitrogens is 1. The number of nitrogens with one attached hydrogen (secondary N) is 1. The van der Waals surface area contributed by atoms with Crippen molar-refractivity contribution >= 4 is 34.1 Å². The lowest BCUT2D eigenvalue weighted by Crippen LogP contribution is -1.94. The van der Waals surface area contributed by atoms with Crippen molar-refractivity contribution in [1.82, 2.24) is 4.98 Å². The predicted octanol–water partition coefficient (Wildman–Crippen LogP) is 4.72. The van der Waals surface area contributed by atoms with E-state index in [4.69, 9.17) is 11.6 Å². The van der Waals surface area contributed by atoms with Crippen molar-refractivity contribution in [3.05, 3.63) is 52.5 Å². The number of aryl methyl sites for hydroxylation is 1. The second-order valence-electron chi connectivity index (χ2n) is 5.22. The van der Waals surface area contributed by atoms with E-state index in [0.717, 1.165) is 12.0 Å². The van der Waals surface area contributed by atoms with Crippen LogP contribution in [0.25, 0.3) is 10.9 Å². The number of phenolic OH excluding ortho intramolecular Hbond substituents is 1. The van der Waals surface area contributed by atoms with Crippen LogP contribution in [0, 0.1) is 0 Å². The molecule has 0 saturated carbocycles. The molecule has 0 fully saturated rings. The number of phenols is 1. The highest BCUT2D eigenvalue weighted by Gasteiger charge is 2.14. The predicted molar refractivity (Wildman–Crippen MR) is 91.3 cm³/mol. The largest absolute Gasteiger partial charge is 0.507 e. The Labute approximate surface area is 142 Å². The first kappa shape index (κ1) is 16.0. The molecule has 1 heterocycles. The molecule has 3 rings (SSSR count). The quantitative estimate of drug-likeness (QED) is 0.600. The minimum atomic E-state index is -0.754. The van der Waals surface area contributed by atoms with E-state index < -0.39 is 5.91 Å². The zero-order valence-corrected chi connectivity index (χ0v) is 13.5. The number of azo groups is 1. The zero-order valence-electron chi connectivity index (χ0n) is 12.7. The van der Waals surface area contributed by atoms with Gasteiger partial charge in [0.05, 0.1) is 11.1 Å². The number of carbonyl (C=O) groups is 1. The molecule has 0 atom stereocenters. The number of fused-ring (bicyclic) bond motifs is 1. The van der Waals surface area contributed by atoms with Crippen LogP contribution in [-0.2, 0) is 6.42 Å². The van der Waals surface area contributed by atoms with Crippen molar-refractivity contribution in [2.75, 3.05) is 0 Å². The molecule has 0 bridgehead atoms. The number of H-pyrrole nitrogens is 1. The Morgan fingerprint density at radius 3 is 2.75 bits per heavy atom. The summed E-state index contributed by atoms with van der Waals surface area (Å²) >= 11 is 5.82. The third kappa shape index (κ3) is 2.96. The Kier molecular flexibility index (Phi) is 4.22. The second kappa shape index (κ2) is 6.33. The summed E-state index contributed by atoms with van der Waals surface area (Å²) < 4.78 is 0. The highest BCUT2D eigenvalue weighted by atomic mass is 35.5. The summed E-state index contributed by atoms with van der Waals surface area (Å²) in [6, 6.07) is 9.72. The van der Waals surface area contributed by atoms with Gasteiger partial charge in [-0.15, -0.1) is 10.2 Å². The Morgan fingerprint density at radius 1 is 1.21 bits per heavy atom. The maximum absolute atomic E-state index is 12.1. The van der Waals surface area contributed by atoms with E-state index in [9.17, 15) is 15.0 Å². The van der Waals surface area contributed by atoms with Crippen LogP contribution in [0.15, 0.2) is 46.6 Å². The van der Waals surface area contributed by atoms with Gasteiger partial charge in [-0.25, -0.2) is 0 Å². The molecule has 6 nitrogen and oxygen atoms in total. The van der Waals surface area contributed by atoms with Gasteiger partial charge in [-0.2, -0.15) is 0 Å². The average Bonchev–Trinajstić information content (AvgIpc) is 2.89. The number of nitrogens with zero attached hydrogens (tertiary/aromatic N) is 2. The van der Waals surface area contributed by atoms with Crippen LogP contribution in [-0.4, -0.2) is 21.1 Å². The minimum Gasteiger partial charge on any atom is -0.507 e. The van der Waals surface area contributed by atoms with Gasteiger partial charge in [-0.05, 0) is 42.3 Å². The van der Waals surface area contributed by atoms with Crippen molar-refractivity contribution in [2.45, 2.75) is 13.3 Å². The summed E-state index contributed by atoms with van der Waals surface area (Å²) in [5.74, 6) is -1.17. The number of rotatable bonds is 3. The standard InChI is InChI=1S/C17H14ClN3O3/c1-2-9-3-5-13-11(7-9)15(17(24)19-13)20-21-16(23)12-8-10(18)4-6-14(12)22/h3-8,19,22,24H,2H2,1H3. The van der Waals surface area contributed by atoms with Crippen molar-refractivity contribution < 1.29 is 15.0 Å². The number of hydrogen-bond donors (Lipinski definition) is 3. The van der Waals surface area contributed by atoms with Gasteiger partial charge in [-0.1, -0.05) is 24.6 Å². The lowest BCUT2D eigenvalue weighted by atomic mass is 10.1. The van der Waals surface area contributed by atoms with Gasteiger partial charge in [0.1, 0.15) is 5.75 Å². The number of amides is 1. The van der Waals surface area contributed by atoms with Gasteiger partial charge >= 0.3 is 0 Å². The summed E-state index contributed by atoms with van der Waals surface area (Å²) in [4.78, 5) is 14.9. The van der Waals surface area contributed by atoms with E-state index in [1.807, 2.05) is 25.1 Å². The molecule has 3 N–H and O–H groups in total. The van der Waals surface area contributed by atoms with E-state index in [1.54, 1.807) is 0 Å². The fraction of sp³-hybridized carbons (Fsp3) is 0.118. The molecule has 0 unspecified atom stereocenters. The molecular weight excluding hydrogens is 330 g/mol. The number of aromatic hydroxyl groups is 2. The van der Waals surface area contributed by atoms with Gasteiger partial charge in [0.15, 0.2) is 5.69 Å². The lowest BCUT2D eigenvalue weighted by molar-refractivity contribution is 0.0992. The highest BCUT2D eigenvalue weighted by Crippen LogP contribution is 2.36. The Balaban J connectivity index is 1.99. The average molecular weight is 344 g/mol. The van der Waals surface area contributed by atoms with E-state index >= 15 is 0 Å². The number of benzene rings is 2.